The first-order valence-electron chi connectivity index (χ1n) is 17.1. The Morgan fingerprint density at radius 1 is 0.804 bits per heavy atom. The second kappa shape index (κ2) is 14.3. The molecule has 0 spiro atoms. The van der Waals surface area contributed by atoms with Gasteiger partial charge >= 0.3 is 110 Å². The van der Waals surface area contributed by atoms with Crippen LogP contribution in [0.4, 0.5) is 0 Å². The van der Waals surface area contributed by atoms with Gasteiger partial charge < -0.3 is 9.40 Å². The molecule has 3 nitrogen and oxygen atoms in total. The molecule has 0 saturated heterocycles. The quantitative estimate of drug-likeness (QED) is 0.128. The average molecular weight is 844 g/mol. The van der Waals surface area contributed by atoms with Crippen LogP contribution in [0.2, 0.25) is 17.3 Å². The minimum Gasteiger partial charge on any atom is 0 e. The van der Waals surface area contributed by atoms with Crippen LogP contribution in [-0.2, 0) is 20.1 Å². The van der Waals surface area contributed by atoms with Gasteiger partial charge in [0.05, 0.1) is 5.58 Å². The molecule has 4 aromatic carbocycles. The molecule has 0 aliphatic heterocycles. The monoisotopic (exact) mass is 845 g/mol. The van der Waals surface area contributed by atoms with E-state index in [1.54, 1.807) is 18.3 Å². The van der Waals surface area contributed by atoms with Crippen LogP contribution in [0.1, 0.15) is 36.4 Å². The Kier molecular flexibility index (Phi) is 8.83. The number of hydrogen-bond donors (Lipinski definition) is 0. The zero-order valence-corrected chi connectivity index (χ0v) is 31.1. The number of rotatable bonds is 5. The van der Waals surface area contributed by atoms with Gasteiger partial charge in [-0.25, -0.2) is 0 Å². The van der Waals surface area contributed by atoms with Gasteiger partial charge in [0.2, 0.25) is 0 Å². The Balaban J connectivity index is 0.000000204. The predicted molar refractivity (Wildman–Crippen MR) is 192 cm³/mol. The molecule has 1 radical (unpaired) electrons. The number of aryl methyl sites for hydroxylation is 1. The van der Waals surface area contributed by atoms with Gasteiger partial charge in [-0.2, -0.15) is 0 Å². The van der Waals surface area contributed by atoms with Crippen molar-refractivity contribution < 1.29 is 30.0 Å². The van der Waals surface area contributed by atoms with Crippen LogP contribution >= 0.6 is 0 Å². The Labute approximate surface area is 294 Å². The van der Waals surface area contributed by atoms with Crippen LogP contribution in [0.15, 0.2) is 120 Å². The number of hydrogen-bond acceptors (Lipinski definition) is 3. The topological polar surface area (TPSA) is 38.9 Å². The summed E-state index contributed by atoms with van der Waals surface area (Å²) in [5.74, 6) is 6.29. The standard InChI is InChI=1S/C26H20NO.C15H18GeN.Ir/c1-17(2)19-13-14-27-24(15-19)23-10-6-9-22-21-12-11-20(16-25(21)28-26(22)23)18-7-4-3-5-8-18;1-12-5-7-13(8-6-12)15-10-9-14(11-17-15)16(2,3)4;/h3-9,11-17H,1-2H3;5-7,9-11H,1-4H3;/q2*-1;/i17D;1D3;. The number of nitrogens with zero attached hydrogens (tertiary/aromatic N) is 2. The molecule has 46 heavy (non-hydrogen) atoms. The first-order valence-corrected chi connectivity index (χ1v) is 22.4. The minimum absolute atomic E-state index is 0. The molecule has 3 heterocycles. The largest absolute Gasteiger partial charge is 0 e. The first kappa shape index (κ1) is 28.4. The molecule has 0 atom stereocenters. The van der Waals surface area contributed by atoms with Gasteiger partial charge in [-0.1, -0.05) is 78.9 Å². The summed E-state index contributed by atoms with van der Waals surface area (Å²) < 4.78 is 38.0. The molecule has 7 rings (SSSR count). The zero-order valence-electron chi connectivity index (χ0n) is 30.6. The smallest absolute Gasteiger partial charge is 0 e. The third-order valence-electron chi connectivity index (χ3n) is 7.85. The van der Waals surface area contributed by atoms with Gasteiger partial charge in [0.1, 0.15) is 5.58 Å². The van der Waals surface area contributed by atoms with E-state index in [-0.39, 0.29) is 20.1 Å². The van der Waals surface area contributed by atoms with Gasteiger partial charge in [0.15, 0.2) is 0 Å². The summed E-state index contributed by atoms with van der Waals surface area (Å²) in [7, 11) is 0. The average Bonchev–Trinajstić information content (AvgIpc) is 3.46. The molecule has 0 aliphatic rings. The van der Waals surface area contributed by atoms with Crippen molar-refractivity contribution in [2.75, 3.05) is 0 Å². The van der Waals surface area contributed by atoms with Crippen molar-refractivity contribution in [3.63, 3.8) is 0 Å². The fraction of sp³-hybridized carbons (Fsp3) is 0.171. The van der Waals surface area contributed by atoms with Gasteiger partial charge in [0, 0.05) is 33.1 Å². The minimum atomic E-state index is -2.08. The zero-order chi connectivity index (χ0) is 35.0. The fourth-order valence-electron chi connectivity index (χ4n) is 5.20. The number of benzene rings is 4. The summed E-state index contributed by atoms with van der Waals surface area (Å²) >= 11 is -1.83. The van der Waals surface area contributed by atoms with E-state index in [1.165, 1.54) is 10.5 Å². The molecule has 0 fully saturated rings. The first-order chi connectivity index (χ1) is 23.2. The fourth-order valence-corrected chi connectivity index (χ4v) is 7.37. The van der Waals surface area contributed by atoms with E-state index in [2.05, 4.69) is 75.8 Å². The van der Waals surface area contributed by atoms with Crippen molar-refractivity contribution in [3.05, 3.63) is 139 Å². The van der Waals surface area contributed by atoms with E-state index in [9.17, 15) is 0 Å². The summed E-state index contributed by atoms with van der Waals surface area (Å²) in [6.45, 7) is 1.68. The van der Waals surface area contributed by atoms with Gasteiger partial charge in [-0.3, -0.25) is 0 Å². The van der Waals surface area contributed by atoms with Crippen LogP contribution in [0.3, 0.4) is 0 Å². The molecule has 0 N–H and O–H groups in total. The third-order valence-corrected chi connectivity index (χ3v) is 12.1. The maximum Gasteiger partial charge on any atom is 0 e. The van der Waals surface area contributed by atoms with Crippen molar-refractivity contribution in [2.24, 2.45) is 0 Å². The Morgan fingerprint density at radius 2 is 1.63 bits per heavy atom. The number of pyridine rings is 2. The molecule has 233 valence electrons. The SMILES string of the molecule is [2H]C(C)(C)c1ccnc(-c2[c-]ccc3c2oc2cc(-c4ccccc4)ccc23)c1.[2H]C([2H])([2H])c1c[c-]c(-c2cc[c]([Ge]([CH3])([CH3])[CH3])cn2)cc1.[Ir]. The van der Waals surface area contributed by atoms with Crippen LogP contribution in [0.25, 0.3) is 55.6 Å². The molecule has 7 aromatic rings. The Hall–Kier alpha value is -3.83. The van der Waals surface area contributed by atoms with Crippen molar-refractivity contribution >= 4 is 39.6 Å². The predicted octanol–water partition coefficient (Wildman–Crippen LogP) is 10.6. The van der Waals surface area contributed by atoms with Gasteiger partial charge in [-0.05, 0) is 34.8 Å². The van der Waals surface area contributed by atoms with E-state index in [0.717, 1.165) is 61.1 Å². The van der Waals surface area contributed by atoms with Crippen LogP contribution in [-0.4, -0.2) is 23.2 Å². The molecule has 5 heteroatoms. The maximum absolute atomic E-state index is 8.33. The molecule has 0 bridgehead atoms. The van der Waals surface area contributed by atoms with Crippen LogP contribution < -0.4 is 4.40 Å². The van der Waals surface area contributed by atoms with Crippen LogP contribution in [0.5, 0.6) is 0 Å². The van der Waals surface area contributed by atoms with Gasteiger partial charge in [0.25, 0.3) is 0 Å². The van der Waals surface area contributed by atoms with E-state index < -0.39 is 26.0 Å². The number of fused-ring (bicyclic) bond motifs is 3. The molecular formula is C41H38GeIrN2O-2. The normalized spacial score (nSPS) is 13.1. The summed E-state index contributed by atoms with van der Waals surface area (Å²) in [6.07, 6.45) is 3.70. The Morgan fingerprint density at radius 3 is 2.30 bits per heavy atom. The van der Waals surface area contributed by atoms with E-state index in [1.807, 2.05) is 68.6 Å². The van der Waals surface area contributed by atoms with Gasteiger partial charge in [-0.15, -0.1) is 18.2 Å². The second-order valence-corrected chi connectivity index (χ2v) is 23.0. The Bertz CT molecular complexity index is 2160. The molecular weight excluding hydrogens is 801 g/mol. The molecule has 0 unspecified atom stereocenters. The molecule has 0 amide bonds. The molecule has 0 aliphatic carbocycles. The van der Waals surface area contributed by atoms with E-state index in [4.69, 9.17) is 9.90 Å². The van der Waals surface area contributed by atoms with Crippen molar-refractivity contribution in [1.29, 1.82) is 0 Å². The van der Waals surface area contributed by atoms with E-state index >= 15 is 0 Å². The molecule has 3 aromatic heterocycles. The van der Waals surface area contributed by atoms with Crippen LogP contribution in [0, 0.1) is 19.0 Å². The van der Waals surface area contributed by atoms with Crippen molar-refractivity contribution in [1.82, 2.24) is 9.97 Å². The maximum atomic E-state index is 8.33. The number of furan rings is 1. The van der Waals surface area contributed by atoms with Crippen molar-refractivity contribution in [2.45, 2.75) is 43.9 Å². The summed E-state index contributed by atoms with van der Waals surface area (Å²) in [5, 5.41) is 2.12. The molecule has 0 saturated carbocycles. The number of aromatic nitrogens is 2. The van der Waals surface area contributed by atoms with E-state index in [0.29, 0.717) is 5.56 Å². The summed E-state index contributed by atoms with van der Waals surface area (Å²) in [6, 6.07) is 39.8. The van der Waals surface area contributed by atoms with Crippen molar-refractivity contribution in [3.8, 4) is 33.6 Å². The summed E-state index contributed by atoms with van der Waals surface area (Å²) in [4.78, 5) is 9.02. The second-order valence-electron chi connectivity index (χ2n) is 12.4. The summed E-state index contributed by atoms with van der Waals surface area (Å²) in [5.41, 5.74) is 8.38. The third kappa shape index (κ3) is 7.42.